The summed E-state index contributed by atoms with van der Waals surface area (Å²) in [6.45, 7) is 2.88. The van der Waals surface area contributed by atoms with Gasteiger partial charge in [-0.1, -0.05) is 17.3 Å². The van der Waals surface area contributed by atoms with Crippen molar-refractivity contribution < 1.29 is 0 Å². The third-order valence-corrected chi connectivity index (χ3v) is 6.36. The molecule has 9 heteroatoms. The topological polar surface area (TPSA) is 128 Å². The van der Waals surface area contributed by atoms with Crippen LogP contribution in [0.5, 0.6) is 0 Å². The van der Waals surface area contributed by atoms with Gasteiger partial charge in [-0.2, -0.15) is 5.10 Å². The van der Waals surface area contributed by atoms with E-state index in [1.54, 1.807) is 0 Å². The molecule has 2 aliphatic rings. The van der Waals surface area contributed by atoms with Crippen LogP contribution in [0.4, 0.5) is 11.5 Å². The first-order chi connectivity index (χ1) is 14.6. The molecular formula is C21H23N9. The summed E-state index contributed by atoms with van der Waals surface area (Å²) < 4.78 is 1.97. The standard InChI is InChI=1S/C21H23N9/c22-18-6-14(20-21(25-18)27-28-26-20)4-13-7-24-30(9-13)8-12-2-1-3-15(5-12)29-10-16-17(11-29)19(16)23/h1-3,5-7,9,16-17,19H,4,8,10-11,23H2,(H3,22,25,26,27,28)/t16-,17+,19-. The summed E-state index contributed by atoms with van der Waals surface area (Å²) in [5.74, 6) is 1.81. The van der Waals surface area contributed by atoms with Crippen molar-refractivity contribution in [2.45, 2.75) is 19.0 Å². The van der Waals surface area contributed by atoms with Gasteiger partial charge in [0.25, 0.3) is 0 Å². The van der Waals surface area contributed by atoms with E-state index in [2.05, 4.69) is 60.9 Å². The Labute approximate surface area is 173 Å². The summed E-state index contributed by atoms with van der Waals surface area (Å²) >= 11 is 0. The zero-order chi connectivity index (χ0) is 20.2. The summed E-state index contributed by atoms with van der Waals surface area (Å²) in [5, 5.41) is 15.3. The third-order valence-electron chi connectivity index (χ3n) is 6.36. The number of fused-ring (bicyclic) bond motifs is 2. The number of pyridine rings is 1. The smallest absolute Gasteiger partial charge is 0.178 e. The Morgan fingerprint density at radius 1 is 1.13 bits per heavy atom. The van der Waals surface area contributed by atoms with Crippen LogP contribution in [0.1, 0.15) is 16.7 Å². The van der Waals surface area contributed by atoms with Gasteiger partial charge in [0, 0.05) is 37.4 Å². The summed E-state index contributed by atoms with van der Waals surface area (Å²) in [5.41, 5.74) is 17.9. The molecule has 1 saturated carbocycles. The second-order valence-electron chi connectivity index (χ2n) is 8.42. The Kier molecular flexibility index (Phi) is 3.79. The van der Waals surface area contributed by atoms with Crippen LogP contribution in [0.3, 0.4) is 0 Å². The van der Waals surface area contributed by atoms with Crippen LogP contribution >= 0.6 is 0 Å². The first kappa shape index (κ1) is 17.4. The number of nitrogen functional groups attached to an aromatic ring is 1. The van der Waals surface area contributed by atoms with Gasteiger partial charge in [-0.05, 0) is 46.7 Å². The maximum Gasteiger partial charge on any atom is 0.178 e. The first-order valence-electron chi connectivity index (χ1n) is 10.2. The molecule has 0 amide bonds. The Bertz CT molecular complexity index is 1210. The molecule has 3 atom stereocenters. The molecule has 3 aromatic heterocycles. The van der Waals surface area contributed by atoms with Crippen LogP contribution < -0.4 is 16.4 Å². The fourth-order valence-corrected chi connectivity index (χ4v) is 4.69. The fourth-order valence-electron chi connectivity index (χ4n) is 4.69. The molecule has 1 aliphatic heterocycles. The predicted octanol–water partition coefficient (Wildman–Crippen LogP) is 1.16. The second-order valence-corrected chi connectivity index (χ2v) is 8.42. The third kappa shape index (κ3) is 2.98. The number of hydrogen-bond donors (Lipinski definition) is 3. The van der Waals surface area contributed by atoms with Gasteiger partial charge in [0.15, 0.2) is 5.65 Å². The average molecular weight is 401 g/mol. The van der Waals surface area contributed by atoms with E-state index in [0.717, 1.165) is 36.3 Å². The Morgan fingerprint density at radius 3 is 2.87 bits per heavy atom. The molecule has 1 saturated heterocycles. The lowest BCUT2D eigenvalue weighted by molar-refractivity contribution is 0.685. The number of nitrogens with one attached hydrogen (secondary N) is 1. The predicted molar refractivity (Wildman–Crippen MR) is 114 cm³/mol. The van der Waals surface area contributed by atoms with Gasteiger partial charge in [0.2, 0.25) is 0 Å². The number of piperidine rings is 1. The van der Waals surface area contributed by atoms with Crippen molar-refractivity contribution in [1.29, 1.82) is 0 Å². The molecule has 0 spiro atoms. The highest BCUT2D eigenvalue weighted by Gasteiger charge is 2.53. The maximum atomic E-state index is 6.08. The molecule has 5 N–H and O–H groups in total. The zero-order valence-electron chi connectivity index (χ0n) is 16.4. The summed E-state index contributed by atoms with van der Waals surface area (Å²) in [6.07, 6.45) is 4.63. The number of aromatic amines is 1. The van der Waals surface area contributed by atoms with Crippen molar-refractivity contribution in [2.24, 2.45) is 17.6 Å². The molecule has 1 aliphatic carbocycles. The van der Waals surface area contributed by atoms with Gasteiger partial charge in [0.1, 0.15) is 11.3 Å². The lowest BCUT2D eigenvalue weighted by atomic mass is 10.1. The number of hydrogen-bond acceptors (Lipinski definition) is 7. The highest BCUT2D eigenvalue weighted by atomic mass is 15.3. The molecule has 4 heterocycles. The van der Waals surface area contributed by atoms with E-state index in [9.17, 15) is 0 Å². The van der Waals surface area contributed by atoms with Crippen molar-refractivity contribution in [3.63, 3.8) is 0 Å². The Balaban J connectivity index is 1.18. The molecule has 30 heavy (non-hydrogen) atoms. The molecule has 4 aromatic rings. The van der Waals surface area contributed by atoms with E-state index in [0.29, 0.717) is 35.8 Å². The molecule has 6 rings (SSSR count). The highest BCUT2D eigenvalue weighted by Crippen LogP contribution is 2.45. The summed E-state index contributed by atoms with van der Waals surface area (Å²) in [7, 11) is 0. The monoisotopic (exact) mass is 401 g/mol. The second kappa shape index (κ2) is 6.53. The van der Waals surface area contributed by atoms with Crippen LogP contribution in [-0.4, -0.2) is 49.3 Å². The minimum absolute atomic E-state index is 0.418. The minimum Gasteiger partial charge on any atom is -0.384 e. The normalized spacial score (nSPS) is 22.6. The van der Waals surface area contributed by atoms with Crippen LogP contribution in [0.15, 0.2) is 42.7 Å². The van der Waals surface area contributed by atoms with Crippen LogP contribution in [-0.2, 0) is 13.0 Å². The number of nitrogens with two attached hydrogens (primary N) is 2. The number of benzene rings is 1. The Hall–Kier alpha value is -3.46. The van der Waals surface area contributed by atoms with Gasteiger partial charge < -0.3 is 16.4 Å². The minimum atomic E-state index is 0.418. The van der Waals surface area contributed by atoms with E-state index >= 15 is 0 Å². The van der Waals surface area contributed by atoms with E-state index in [-0.39, 0.29) is 0 Å². The van der Waals surface area contributed by atoms with E-state index in [1.165, 1.54) is 11.3 Å². The molecule has 0 unspecified atom stereocenters. The maximum absolute atomic E-state index is 6.08. The number of aromatic nitrogens is 6. The van der Waals surface area contributed by atoms with Gasteiger partial charge in [0.05, 0.1) is 12.7 Å². The van der Waals surface area contributed by atoms with Crippen molar-refractivity contribution in [2.75, 3.05) is 23.7 Å². The van der Waals surface area contributed by atoms with Crippen molar-refractivity contribution >= 4 is 22.7 Å². The van der Waals surface area contributed by atoms with Crippen molar-refractivity contribution in [3.8, 4) is 0 Å². The molecule has 152 valence electrons. The quantitative estimate of drug-likeness (QED) is 0.458. The summed E-state index contributed by atoms with van der Waals surface area (Å²) in [6, 6.07) is 11.0. The SMILES string of the molecule is Nc1cc(Cc2cnn(Cc3cccc(N4C[C@@H]5[C@H](N)[C@@H]5C4)c3)c2)c2nn[nH]c2n1. The first-order valence-corrected chi connectivity index (χ1v) is 10.2. The lowest BCUT2D eigenvalue weighted by Gasteiger charge is -2.22. The number of rotatable bonds is 5. The molecule has 0 radical (unpaired) electrons. The zero-order valence-corrected chi connectivity index (χ0v) is 16.4. The number of anilines is 2. The van der Waals surface area contributed by atoms with Gasteiger partial charge in [-0.25, -0.2) is 10.1 Å². The van der Waals surface area contributed by atoms with Crippen LogP contribution in [0.25, 0.3) is 11.2 Å². The molecule has 9 nitrogen and oxygen atoms in total. The molecule has 0 bridgehead atoms. The lowest BCUT2D eigenvalue weighted by Crippen LogP contribution is -2.27. The Morgan fingerprint density at radius 2 is 2.00 bits per heavy atom. The molecule has 1 aromatic carbocycles. The molecular weight excluding hydrogens is 378 g/mol. The van der Waals surface area contributed by atoms with Crippen molar-refractivity contribution in [3.05, 3.63) is 59.4 Å². The van der Waals surface area contributed by atoms with Crippen LogP contribution in [0, 0.1) is 11.8 Å². The van der Waals surface area contributed by atoms with Gasteiger partial charge in [-0.15, -0.1) is 5.10 Å². The average Bonchev–Trinajstić information content (AvgIpc) is 3.25. The molecule has 2 fully saturated rings. The largest absolute Gasteiger partial charge is 0.384 e. The number of H-pyrrole nitrogens is 1. The van der Waals surface area contributed by atoms with E-state index in [1.807, 2.05) is 16.9 Å². The van der Waals surface area contributed by atoms with Gasteiger partial charge >= 0.3 is 0 Å². The van der Waals surface area contributed by atoms with Crippen molar-refractivity contribution in [1.82, 2.24) is 30.2 Å². The fraction of sp³-hybridized carbons (Fsp3) is 0.333. The van der Waals surface area contributed by atoms with Gasteiger partial charge in [-0.3, -0.25) is 4.68 Å². The van der Waals surface area contributed by atoms with E-state index < -0.39 is 0 Å². The summed E-state index contributed by atoms with van der Waals surface area (Å²) in [4.78, 5) is 6.67. The van der Waals surface area contributed by atoms with E-state index in [4.69, 9.17) is 11.5 Å². The highest BCUT2D eigenvalue weighted by molar-refractivity contribution is 5.76. The number of nitrogens with zero attached hydrogens (tertiary/aromatic N) is 6. The van der Waals surface area contributed by atoms with Crippen LogP contribution in [0.2, 0.25) is 0 Å².